The maximum Gasteiger partial charge on any atom is 0.199 e. The van der Waals surface area contributed by atoms with Crippen LogP contribution in [-0.4, -0.2) is 11.3 Å². The zero-order valence-electron chi connectivity index (χ0n) is 7.04. The number of carbonyl (C=O) groups is 1. The van der Waals surface area contributed by atoms with E-state index in [-0.39, 0.29) is 11.0 Å². The average Bonchev–Trinajstić information content (AvgIpc) is 2.17. The smallest absolute Gasteiger partial charge is 0.199 e. The lowest BCUT2D eigenvalue weighted by Crippen LogP contribution is -2.13. The van der Waals surface area contributed by atoms with E-state index < -0.39 is 0 Å². The summed E-state index contributed by atoms with van der Waals surface area (Å²) in [6, 6.07) is 0. The third-order valence-corrected chi connectivity index (χ3v) is 1.72. The maximum atomic E-state index is 11.4. The molecule has 0 radical (unpaired) electrons. The second-order valence-electron chi connectivity index (χ2n) is 2.43. The van der Waals surface area contributed by atoms with Gasteiger partial charge in [0.15, 0.2) is 11.7 Å². The van der Waals surface area contributed by atoms with Crippen LogP contribution in [0.3, 0.4) is 0 Å². The zero-order chi connectivity index (χ0) is 9.84. The van der Waals surface area contributed by atoms with Crippen molar-refractivity contribution < 1.29 is 4.79 Å². The first-order chi connectivity index (χ1) is 6.24. The van der Waals surface area contributed by atoms with Crippen molar-refractivity contribution in [3.05, 3.63) is 46.4 Å². The minimum atomic E-state index is -0.321. The standard InChI is InChI=1S/C10H9NO2/c1-3-8-9(4-2)11-5-7(6-12)10(8)13/h3-6H,1-2H2,(H,11,13). The van der Waals surface area contributed by atoms with E-state index in [4.69, 9.17) is 0 Å². The summed E-state index contributed by atoms with van der Waals surface area (Å²) in [5, 5.41) is 0. The predicted molar refractivity (Wildman–Crippen MR) is 52.6 cm³/mol. The molecule has 0 amide bonds. The van der Waals surface area contributed by atoms with Gasteiger partial charge in [0.05, 0.1) is 5.56 Å². The molecule has 1 N–H and O–H groups in total. The summed E-state index contributed by atoms with van der Waals surface area (Å²) in [5.74, 6) is 0. The monoisotopic (exact) mass is 175 g/mol. The molecule has 0 aromatic carbocycles. The summed E-state index contributed by atoms with van der Waals surface area (Å²) >= 11 is 0. The molecule has 1 rings (SSSR count). The van der Waals surface area contributed by atoms with Crippen molar-refractivity contribution >= 4 is 18.4 Å². The molecule has 1 aromatic rings. The molecule has 0 aliphatic rings. The number of carbonyl (C=O) groups excluding carboxylic acids is 1. The number of pyridine rings is 1. The Morgan fingerprint density at radius 1 is 1.31 bits per heavy atom. The van der Waals surface area contributed by atoms with E-state index >= 15 is 0 Å². The highest BCUT2D eigenvalue weighted by Gasteiger charge is 2.05. The van der Waals surface area contributed by atoms with Gasteiger partial charge in [0.25, 0.3) is 0 Å². The highest BCUT2D eigenvalue weighted by Crippen LogP contribution is 2.04. The molecular weight excluding hydrogens is 166 g/mol. The van der Waals surface area contributed by atoms with E-state index in [1.165, 1.54) is 18.3 Å². The lowest BCUT2D eigenvalue weighted by atomic mass is 10.1. The van der Waals surface area contributed by atoms with Crippen LogP contribution < -0.4 is 5.43 Å². The van der Waals surface area contributed by atoms with Crippen molar-refractivity contribution in [2.24, 2.45) is 0 Å². The van der Waals surface area contributed by atoms with Crippen LogP contribution in [0.15, 0.2) is 24.1 Å². The number of aromatic amines is 1. The second-order valence-corrected chi connectivity index (χ2v) is 2.43. The third kappa shape index (κ3) is 1.49. The number of aldehydes is 1. The van der Waals surface area contributed by atoms with Gasteiger partial charge in [0.1, 0.15) is 0 Å². The van der Waals surface area contributed by atoms with E-state index in [0.29, 0.717) is 17.5 Å². The Morgan fingerprint density at radius 2 is 2.00 bits per heavy atom. The first-order valence-corrected chi connectivity index (χ1v) is 3.70. The van der Waals surface area contributed by atoms with Crippen molar-refractivity contribution in [3.8, 4) is 0 Å². The molecule has 3 heteroatoms. The van der Waals surface area contributed by atoms with Crippen LogP contribution in [0.25, 0.3) is 12.2 Å². The molecule has 0 saturated carbocycles. The highest BCUT2D eigenvalue weighted by atomic mass is 16.1. The predicted octanol–water partition coefficient (Wildman–Crippen LogP) is 1.47. The molecule has 0 unspecified atom stereocenters. The lowest BCUT2D eigenvalue weighted by molar-refractivity contribution is 0.112. The van der Waals surface area contributed by atoms with Crippen molar-refractivity contribution in [3.63, 3.8) is 0 Å². The quantitative estimate of drug-likeness (QED) is 0.707. The number of rotatable bonds is 3. The molecule has 0 aliphatic carbocycles. The van der Waals surface area contributed by atoms with Gasteiger partial charge in [-0.25, -0.2) is 0 Å². The largest absolute Gasteiger partial charge is 0.360 e. The topological polar surface area (TPSA) is 49.9 Å². The Hall–Kier alpha value is -1.90. The molecule has 1 aromatic heterocycles. The zero-order valence-corrected chi connectivity index (χ0v) is 7.04. The summed E-state index contributed by atoms with van der Waals surface area (Å²) in [4.78, 5) is 24.6. The molecule has 0 atom stereocenters. The molecular formula is C10H9NO2. The van der Waals surface area contributed by atoms with Crippen LogP contribution in [0.1, 0.15) is 21.6 Å². The Kier molecular flexibility index (Phi) is 2.59. The van der Waals surface area contributed by atoms with E-state index in [1.54, 1.807) is 0 Å². The summed E-state index contributed by atoms with van der Waals surface area (Å²) in [6.45, 7) is 7.02. The maximum absolute atomic E-state index is 11.4. The van der Waals surface area contributed by atoms with Gasteiger partial charge in [-0.15, -0.1) is 0 Å². The fourth-order valence-electron chi connectivity index (χ4n) is 1.04. The molecule has 13 heavy (non-hydrogen) atoms. The van der Waals surface area contributed by atoms with Crippen molar-refractivity contribution in [1.82, 2.24) is 4.98 Å². The van der Waals surface area contributed by atoms with Gasteiger partial charge in [-0.05, 0) is 6.08 Å². The molecule has 0 fully saturated rings. The van der Waals surface area contributed by atoms with Crippen LogP contribution in [0, 0.1) is 0 Å². The summed E-state index contributed by atoms with van der Waals surface area (Å²) < 4.78 is 0. The summed E-state index contributed by atoms with van der Waals surface area (Å²) in [6.07, 6.45) is 4.79. The van der Waals surface area contributed by atoms with Crippen LogP contribution in [0.5, 0.6) is 0 Å². The number of hydrogen-bond acceptors (Lipinski definition) is 2. The van der Waals surface area contributed by atoms with Gasteiger partial charge in [-0.3, -0.25) is 9.59 Å². The van der Waals surface area contributed by atoms with Crippen LogP contribution in [0.4, 0.5) is 0 Å². The molecule has 0 saturated heterocycles. The average molecular weight is 175 g/mol. The minimum absolute atomic E-state index is 0.0977. The van der Waals surface area contributed by atoms with Crippen molar-refractivity contribution in [2.45, 2.75) is 0 Å². The molecule has 0 bridgehead atoms. The SMILES string of the molecule is C=Cc1[nH]cc(C=O)c(=O)c1C=C. The Bertz CT molecular complexity index is 415. The Balaban J connectivity index is 3.58. The molecule has 1 heterocycles. The third-order valence-electron chi connectivity index (χ3n) is 1.72. The highest BCUT2D eigenvalue weighted by molar-refractivity contribution is 5.76. The molecule has 0 spiro atoms. The number of hydrogen-bond donors (Lipinski definition) is 1. The van der Waals surface area contributed by atoms with E-state index in [9.17, 15) is 9.59 Å². The van der Waals surface area contributed by atoms with Crippen molar-refractivity contribution in [2.75, 3.05) is 0 Å². The molecule has 3 nitrogen and oxygen atoms in total. The second kappa shape index (κ2) is 3.67. The van der Waals surface area contributed by atoms with Gasteiger partial charge >= 0.3 is 0 Å². The van der Waals surface area contributed by atoms with Gasteiger partial charge in [0.2, 0.25) is 0 Å². The lowest BCUT2D eigenvalue weighted by Gasteiger charge is -2.00. The fraction of sp³-hybridized carbons (Fsp3) is 0. The van der Waals surface area contributed by atoms with Gasteiger partial charge < -0.3 is 4.98 Å². The number of aromatic nitrogens is 1. The van der Waals surface area contributed by atoms with Crippen LogP contribution in [0.2, 0.25) is 0 Å². The molecule has 0 aliphatic heterocycles. The normalized spacial score (nSPS) is 9.23. The number of H-pyrrole nitrogens is 1. The fourth-order valence-corrected chi connectivity index (χ4v) is 1.04. The van der Waals surface area contributed by atoms with E-state index in [0.717, 1.165) is 0 Å². The van der Waals surface area contributed by atoms with Gasteiger partial charge in [0, 0.05) is 17.5 Å². The minimum Gasteiger partial charge on any atom is -0.360 e. The molecule has 66 valence electrons. The first kappa shape index (κ1) is 9.19. The van der Waals surface area contributed by atoms with Gasteiger partial charge in [-0.1, -0.05) is 19.2 Å². The Morgan fingerprint density at radius 3 is 2.46 bits per heavy atom. The first-order valence-electron chi connectivity index (χ1n) is 3.70. The van der Waals surface area contributed by atoms with E-state index in [1.807, 2.05) is 0 Å². The summed E-state index contributed by atoms with van der Waals surface area (Å²) in [5.41, 5.74) is 0.726. The van der Waals surface area contributed by atoms with Gasteiger partial charge in [-0.2, -0.15) is 0 Å². The summed E-state index contributed by atoms with van der Waals surface area (Å²) in [7, 11) is 0. The number of nitrogens with one attached hydrogen (secondary N) is 1. The van der Waals surface area contributed by atoms with Crippen LogP contribution >= 0.6 is 0 Å². The Labute approximate surface area is 75.4 Å². The van der Waals surface area contributed by atoms with Crippen molar-refractivity contribution in [1.29, 1.82) is 0 Å². The van der Waals surface area contributed by atoms with Crippen LogP contribution in [-0.2, 0) is 0 Å². The van der Waals surface area contributed by atoms with E-state index in [2.05, 4.69) is 18.1 Å².